The van der Waals surface area contributed by atoms with Crippen LogP contribution in [-0.2, 0) is 4.79 Å². The molecule has 2 amide bonds. The number of nitrogens with one attached hydrogen (secondary N) is 1. The molecule has 0 aliphatic carbocycles. The predicted octanol–water partition coefficient (Wildman–Crippen LogP) is 2.74. The minimum atomic E-state index is -2.48. The van der Waals surface area contributed by atoms with E-state index in [2.05, 4.69) is 5.32 Å². The van der Waals surface area contributed by atoms with Crippen molar-refractivity contribution in [3.8, 4) is 0 Å². The zero-order chi connectivity index (χ0) is 15.9. The van der Waals surface area contributed by atoms with Crippen LogP contribution in [0.3, 0.4) is 0 Å². The van der Waals surface area contributed by atoms with E-state index in [1.165, 1.54) is 24.3 Å². The normalized spacial score (nSPS) is 14.4. The van der Waals surface area contributed by atoms with Gasteiger partial charge >= 0.3 is 0 Å². The average Bonchev–Trinajstić information content (AvgIpc) is 3.01. The summed E-state index contributed by atoms with van der Waals surface area (Å²) in [6.07, 6.45) is 2.37. The summed E-state index contributed by atoms with van der Waals surface area (Å²) in [5.74, 6) is -2.72. The topological polar surface area (TPSA) is 49.4 Å². The molecule has 22 heavy (non-hydrogen) atoms. The second-order valence-corrected chi connectivity index (χ2v) is 6.06. The van der Waals surface area contributed by atoms with E-state index in [4.69, 9.17) is 0 Å². The molecule has 7 heteroatoms. The molecule has 0 spiro atoms. The van der Waals surface area contributed by atoms with Gasteiger partial charge in [-0.15, -0.1) is 0 Å². The van der Waals surface area contributed by atoms with Crippen molar-refractivity contribution in [1.82, 2.24) is 10.2 Å². The molecule has 120 valence electrons. The molecular weight excluding hydrogens is 310 g/mol. The van der Waals surface area contributed by atoms with Gasteiger partial charge in [0.15, 0.2) is 0 Å². The molecule has 0 bridgehead atoms. The van der Waals surface area contributed by atoms with E-state index in [1.54, 1.807) is 0 Å². The van der Waals surface area contributed by atoms with E-state index < -0.39 is 5.76 Å². The van der Waals surface area contributed by atoms with Gasteiger partial charge in [0.2, 0.25) is 5.91 Å². The third-order valence-corrected chi connectivity index (χ3v) is 4.15. The molecule has 0 aromatic heterocycles. The lowest BCUT2D eigenvalue weighted by atomic mass is 10.2. The fraction of sp³-hybridized carbons (Fsp3) is 0.467. The van der Waals surface area contributed by atoms with Crippen LogP contribution in [0.5, 0.6) is 0 Å². The van der Waals surface area contributed by atoms with Crippen molar-refractivity contribution in [3.05, 3.63) is 29.8 Å². The van der Waals surface area contributed by atoms with E-state index in [0.29, 0.717) is 22.2 Å². The molecule has 1 saturated heterocycles. The maximum absolute atomic E-state index is 12.2. The number of amides is 2. The maximum atomic E-state index is 12.2. The van der Waals surface area contributed by atoms with Crippen molar-refractivity contribution >= 4 is 23.6 Å². The summed E-state index contributed by atoms with van der Waals surface area (Å²) in [5.41, 5.74) is 0.396. The van der Waals surface area contributed by atoms with Crippen LogP contribution in [0, 0.1) is 0 Å². The highest BCUT2D eigenvalue weighted by Crippen LogP contribution is 2.25. The molecule has 1 fully saturated rings. The summed E-state index contributed by atoms with van der Waals surface area (Å²) >= 11 is 0.439. The highest BCUT2D eigenvalue weighted by atomic mass is 32.2. The van der Waals surface area contributed by atoms with Gasteiger partial charge in [0.05, 0.1) is 0 Å². The Balaban J connectivity index is 1.75. The van der Waals surface area contributed by atoms with E-state index in [-0.39, 0.29) is 24.8 Å². The largest absolute Gasteiger partial charge is 0.352 e. The number of thioether (sulfide) groups is 1. The smallest absolute Gasteiger partial charge is 0.288 e. The molecule has 1 aromatic rings. The highest BCUT2D eigenvalue weighted by molar-refractivity contribution is 7.99. The zero-order valence-corrected chi connectivity index (χ0v) is 12.9. The molecule has 1 aromatic carbocycles. The Morgan fingerprint density at radius 2 is 1.82 bits per heavy atom. The second kappa shape index (κ2) is 8.12. The van der Waals surface area contributed by atoms with Gasteiger partial charge < -0.3 is 10.2 Å². The van der Waals surface area contributed by atoms with Crippen LogP contribution in [-0.4, -0.2) is 42.1 Å². The number of likely N-dealkylation sites (tertiary alicyclic amines) is 1. The Morgan fingerprint density at radius 3 is 2.41 bits per heavy atom. The van der Waals surface area contributed by atoms with Gasteiger partial charge in [-0.2, -0.15) is 8.78 Å². The third-order valence-electron chi connectivity index (χ3n) is 3.42. The van der Waals surface area contributed by atoms with Crippen LogP contribution in [0.15, 0.2) is 29.2 Å². The molecule has 0 unspecified atom stereocenters. The lowest BCUT2D eigenvalue weighted by Gasteiger charge is -2.15. The number of hydrogen-bond donors (Lipinski definition) is 1. The van der Waals surface area contributed by atoms with Gasteiger partial charge in [0, 0.05) is 36.5 Å². The van der Waals surface area contributed by atoms with Crippen LogP contribution in [0.1, 0.15) is 29.6 Å². The minimum Gasteiger partial charge on any atom is -0.352 e. The van der Waals surface area contributed by atoms with Crippen LogP contribution >= 0.6 is 11.8 Å². The van der Waals surface area contributed by atoms with Gasteiger partial charge in [-0.05, 0) is 37.1 Å². The van der Waals surface area contributed by atoms with Gasteiger partial charge in [0.1, 0.15) is 0 Å². The molecule has 2 rings (SSSR count). The summed E-state index contributed by atoms with van der Waals surface area (Å²) < 4.78 is 24.4. The first-order chi connectivity index (χ1) is 10.6. The number of benzene rings is 1. The van der Waals surface area contributed by atoms with Crippen molar-refractivity contribution < 1.29 is 18.4 Å². The van der Waals surface area contributed by atoms with Crippen LogP contribution < -0.4 is 5.32 Å². The number of rotatable bonds is 6. The number of alkyl halides is 2. The van der Waals surface area contributed by atoms with Crippen LogP contribution in [0.25, 0.3) is 0 Å². The summed E-state index contributed by atoms with van der Waals surface area (Å²) in [5, 5.41) is 2.67. The second-order valence-electron chi connectivity index (χ2n) is 5.00. The lowest BCUT2D eigenvalue weighted by molar-refractivity contribution is -0.129. The molecule has 1 N–H and O–H groups in total. The van der Waals surface area contributed by atoms with E-state index in [1.807, 2.05) is 4.90 Å². The molecular formula is C15H18F2N2O2S. The van der Waals surface area contributed by atoms with E-state index >= 15 is 0 Å². The Bertz CT molecular complexity index is 517. The molecule has 4 nitrogen and oxygen atoms in total. The molecule has 1 aliphatic rings. The number of carbonyl (C=O) groups is 2. The predicted molar refractivity (Wildman–Crippen MR) is 81.1 cm³/mol. The monoisotopic (exact) mass is 328 g/mol. The Hall–Kier alpha value is -1.63. The van der Waals surface area contributed by atoms with Gasteiger partial charge in [0.25, 0.3) is 11.7 Å². The SMILES string of the molecule is O=C(NCCC(=O)N1CCCC1)c1ccc(SC(F)F)cc1. The summed E-state index contributed by atoms with van der Waals surface area (Å²) in [7, 11) is 0. The van der Waals surface area contributed by atoms with Gasteiger partial charge in [-0.1, -0.05) is 11.8 Å². The van der Waals surface area contributed by atoms with Crippen molar-refractivity contribution in [2.45, 2.75) is 29.9 Å². The Labute approximate surface area is 132 Å². The number of hydrogen-bond acceptors (Lipinski definition) is 3. The van der Waals surface area contributed by atoms with E-state index in [0.717, 1.165) is 25.9 Å². The Kier molecular flexibility index (Phi) is 6.18. The highest BCUT2D eigenvalue weighted by Gasteiger charge is 2.17. The number of nitrogens with zero attached hydrogens (tertiary/aromatic N) is 1. The van der Waals surface area contributed by atoms with E-state index in [9.17, 15) is 18.4 Å². The van der Waals surface area contributed by atoms with Crippen molar-refractivity contribution in [2.24, 2.45) is 0 Å². The summed E-state index contributed by atoms with van der Waals surface area (Å²) in [4.78, 5) is 25.9. The quantitative estimate of drug-likeness (QED) is 0.817. The third kappa shape index (κ3) is 4.98. The average molecular weight is 328 g/mol. The summed E-state index contributed by atoms with van der Waals surface area (Å²) in [6, 6.07) is 5.98. The van der Waals surface area contributed by atoms with Gasteiger partial charge in [-0.25, -0.2) is 0 Å². The first-order valence-electron chi connectivity index (χ1n) is 7.17. The van der Waals surface area contributed by atoms with Crippen molar-refractivity contribution in [2.75, 3.05) is 19.6 Å². The first-order valence-corrected chi connectivity index (χ1v) is 8.05. The zero-order valence-electron chi connectivity index (χ0n) is 12.1. The lowest BCUT2D eigenvalue weighted by Crippen LogP contribution is -2.32. The molecule has 0 saturated carbocycles. The Morgan fingerprint density at radius 1 is 1.18 bits per heavy atom. The summed E-state index contributed by atoms with van der Waals surface area (Å²) in [6.45, 7) is 1.88. The van der Waals surface area contributed by atoms with Crippen LogP contribution in [0.2, 0.25) is 0 Å². The molecule has 0 radical (unpaired) electrons. The van der Waals surface area contributed by atoms with Gasteiger partial charge in [-0.3, -0.25) is 9.59 Å². The first kappa shape index (κ1) is 16.7. The maximum Gasteiger partial charge on any atom is 0.288 e. The molecule has 0 atom stereocenters. The number of halogens is 2. The fourth-order valence-electron chi connectivity index (χ4n) is 2.30. The molecule has 1 aliphatic heterocycles. The number of carbonyl (C=O) groups excluding carboxylic acids is 2. The minimum absolute atomic E-state index is 0.0569. The standard InChI is InChI=1S/C15H18F2N2O2S/c16-15(17)22-12-5-3-11(4-6-12)14(21)18-8-7-13(20)19-9-1-2-10-19/h3-6,15H,1-2,7-10H2,(H,18,21). The van der Waals surface area contributed by atoms with Crippen molar-refractivity contribution in [3.63, 3.8) is 0 Å². The van der Waals surface area contributed by atoms with Crippen molar-refractivity contribution in [1.29, 1.82) is 0 Å². The molecule has 1 heterocycles. The fourth-order valence-corrected chi connectivity index (χ4v) is 2.80. The van der Waals surface area contributed by atoms with Crippen LogP contribution in [0.4, 0.5) is 8.78 Å².